The van der Waals surface area contributed by atoms with Gasteiger partial charge in [-0.3, -0.25) is 0 Å². The van der Waals surface area contributed by atoms with Crippen LogP contribution in [0.25, 0.3) is 0 Å². The molecule has 1 rings (SSSR count). The zero-order valence-corrected chi connectivity index (χ0v) is 14.7. The van der Waals surface area contributed by atoms with Crippen LogP contribution in [0.1, 0.15) is 53.5 Å². The lowest BCUT2D eigenvalue weighted by Gasteiger charge is -2.30. The van der Waals surface area contributed by atoms with Crippen LogP contribution in [0.4, 0.5) is 0 Å². The van der Waals surface area contributed by atoms with E-state index in [1.54, 1.807) is 7.11 Å². The minimum Gasteiger partial charge on any atom is -0.493 e. The molecule has 0 atom stereocenters. The van der Waals surface area contributed by atoms with Crippen molar-refractivity contribution in [1.29, 1.82) is 0 Å². The number of benzene rings is 1. The zero-order valence-electron chi connectivity index (χ0n) is 14.7. The van der Waals surface area contributed by atoms with Crippen molar-refractivity contribution in [3.8, 4) is 11.5 Å². The lowest BCUT2D eigenvalue weighted by atomic mass is 9.82. The molecule has 0 aliphatic rings. The molecule has 0 saturated heterocycles. The molecule has 0 unspecified atom stereocenters. The zero-order chi connectivity index (χ0) is 16.1. The summed E-state index contributed by atoms with van der Waals surface area (Å²) in [6, 6.07) is 6.20. The monoisotopic (exact) mass is 294 g/mol. The van der Waals surface area contributed by atoms with E-state index >= 15 is 0 Å². The number of nitrogens with two attached hydrogens (primary N) is 1. The van der Waals surface area contributed by atoms with Crippen LogP contribution in [-0.4, -0.2) is 19.3 Å². The van der Waals surface area contributed by atoms with Crippen molar-refractivity contribution < 1.29 is 14.8 Å². The maximum atomic E-state index is 5.56. The summed E-state index contributed by atoms with van der Waals surface area (Å²) >= 11 is 0. The molecule has 0 heterocycles. The summed E-state index contributed by atoms with van der Waals surface area (Å²) in [6.07, 6.45) is 1.17. The van der Waals surface area contributed by atoms with Crippen molar-refractivity contribution in [2.75, 3.05) is 13.7 Å². The SMILES string of the molecule is CCOc1ccc(C[NH2+]C(C)(C)CC(C)(C)C)cc1OC. The Morgan fingerprint density at radius 1 is 1.05 bits per heavy atom. The summed E-state index contributed by atoms with van der Waals surface area (Å²) in [4.78, 5) is 0. The highest BCUT2D eigenvalue weighted by Gasteiger charge is 2.28. The van der Waals surface area contributed by atoms with E-state index in [2.05, 4.69) is 52.1 Å². The number of quaternary nitrogens is 1. The largest absolute Gasteiger partial charge is 0.493 e. The molecule has 2 N–H and O–H groups in total. The number of ether oxygens (including phenoxy) is 2. The third-order valence-electron chi connectivity index (χ3n) is 3.40. The van der Waals surface area contributed by atoms with Gasteiger partial charge in [-0.2, -0.15) is 0 Å². The Balaban J connectivity index is 2.71. The van der Waals surface area contributed by atoms with Gasteiger partial charge in [0.25, 0.3) is 0 Å². The summed E-state index contributed by atoms with van der Waals surface area (Å²) < 4.78 is 11.0. The van der Waals surface area contributed by atoms with Gasteiger partial charge in [0.15, 0.2) is 11.5 Å². The fourth-order valence-corrected chi connectivity index (χ4v) is 2.95. The lowest BCUT2D eigenvalue weighted by Crippen LogP contribution is -2.94. The maximum absolute atomic E-state index is 5.56. The molecule has 0 saturated carbocycles. The quantitative estimate of drug-likeness (QED) is 0.837. The van der Waals surface area contributed by atoms with Crippen LogP contribution in [0, 0.1) is 5.41 Å². The molecule has 3 nitrogen and oxygen atoms in total. The standard InChI is InChI=1S/C18H31NO2/c1-8-21-15-10-9-14(11-16(15)20-7)12-19-18(5,6)13-17(2,3)4/h9-11,19H,8,12-13H2,1-7H3/p+1. The molecule has 3 heteroatoms. The van der Waals surface area contributed by atoms with Crippen LogP contribution in [0.5, 0.6) is 11.5 Å². The van der Waals surface area contributed by atoms with Gasteiger partial charge in [0.2, 0.25) is 0 Å². The molecule has 21 heavy (non-hydrogen) atoms. The van der Waals surface area contributed by atoms with E-state index in [4.69, 9.17) is 9.47 Å². The van der Waals surface area contributed by atoms with E-state index in [9.17, 15) is 0 Å². The predicted molar refractivity (Wildman–Crippen MR) is 87.9 cm³/mol. The highest BCUT2D eigenvalue weighted by molar-refractivity contribution is 5.42. The van der Waals surface area contributed by atoms with Crippen molar-refractivity contribution in [1.82, 2.24) is 0 Å². The Morgan fingerprint density at radius 2 is 1.71 bits per heavy atom. The highest BCUT2D eigenvalue weighted by atomic mass is 16.5. The summed E-state index contributed by atoms with van der Waals surface area (Å²) in [6.45, 7) is 15.1. The Kier molecular flexibility index (Phi) is 6.09. The van der Waals surface area contributed by atoms with Crippen LogP contribution >= 0.6 is 0 Å². The number of methoxy groups -OCH3 is 1. The van der Waals surface area contributed by atoms with Crippen molar-refractivity contribution >= 4 is 0 Å². The molecular formula is C18H32NO2+. The molecule has 0 spiro atoms. The van der Waals surface area contributed by atoms with Gasteiger partial charge in [-0.25, -0.2) is 0 Å². The molecule has 0 aliphatic carbocycles. The second kappa shape index (κ2) is 7.17. The van der Waals surface area contributed by atoms with Gasteiger partial charge in [-0.1, -0.05) is 20.8 Å². The second-order valence-corrected chi connectivity index (χ2v) is 7.55. The average Bonchev–Trinajstić information content (AvgIpc) is 2.35. The van der Waals surface area contributed by atoms with Gasteiger partial charge in [0, 0.05) is 12.0 Å². The van der Waals surface area contributed by atoms with Gasteiger partial charge in [0.05, 0.1) is 19.3 Å². The third kappa shape index (κ3) is 6.38. The first-order valence-electron chi connectivity index (χ1n) is 7.81. The van der Waals surface area contributed by atoms with E-state index in [0.29, 0.717) is 12.0 Å². The van der Waals surface area contributed by atoms with Gasteiger partial charge in [-0.05, 0) is 44.4 Å². The fourth-order valence-electron chi connectivity index (χ4n) is 2.95. The van der Waals surface area contributed by atoms with E-state index in [1.165, 1.54) is 12.0 Å². The third-order valence-corrected chi connectivity index (χ3v) is 3.40. The van der Waals surface area contributed by atoms with E-state index in [0.717, 1.165) is 18.0 Å². The van der Waals surface area contributed by atoms with Gasteiger partial charge in [-0.15, -0.1) is 0 Å². The van der Waals surface area contributed by atoms with Crippen molar-refractivity contribution in [3.05, 3.63) is 23.8 Å². The fraction of sp³-hybridized carbons (Fsp3) is 0.667. The molecule has 1 aromatic rings. The molecule has 0 amide bonds. The minimum absolute atomic E-state index is 0.226. The number of rotatable bonds is 7. The molecule has 0 fully saturated rings. The Morgan fingerprint density at radius 3 is 2.24 bits per heavy atom. The lowest BCUT2D eigenvalue weighted by molar-refractivity contribution is -0.737. The number of hydrogen-bond donors (Lipinski definition) is 1. The van der Waals surface area contributed by atoms with Gasteiger partial charge >= 0.3 is 0 Å². The van der Waals surface area contributed by atoms with E-state index in [1.807, 2.05) is 13.0 Å². The molecule has 0 aromatic heterocycles. The first kappa shape index (κ1) is 17.8. The summed E-state index contributed by atoms with van der Waals surface area (Å²) in [7, 11) is 1.69. The molecule has 0 aliphatic heterocycles. The topological polar surface area (TPSA) is 35.1 Å². The number of hydrogen-bond acceptors (Lipinski definition) is 2. The Labute approximate surface area is 130 Å². The maximum Gasteiger partial charge on any atom is 0.161 e. The van der Waals surface area contributed by atoms with Gasteiger partial charge in [0.1, 0.15) is 6.54 Å². The first-order chi connectivity index (χ1) is 9.67. The van der Waals surface area contributed by atoms with Crippen LogP contribution in [0.3, 0.4) is 0 Å². The highest BCUT2D eigenvalue weighted by Crippen LogP contribution is 2.28. The van der Waals surface area contributed by atoms with Crippen LogP contribution in [0.2, 0.25) is 0 Å². The molecule has 120 valence electrons. The molecular weight excluding hydrogens is 262 g/mol. The molecule has 1 aromatic carbocycles. The van der Waals surface area contributed by atoms with Crippen molar-refractivity contribution in [2.24, 2.45) is 5.41 Å². The summed E-state index contributed by atoms with van der Waals surface area (Å²) in [5.41, 5.74) is 1.83. The van der Waals surface area contributed by atoms with Crippen LogP contribution < -0.4 is 14.8 Å². The molecule has 0 radical (unpaired) electrons. The van der Waals surface area contributed by atoms with E-state index in [-0.39, 0.29) is 5.54 Å². The Hall–Kier alpha value is -1.22. The second-order valence-electron chi connectivity index (χ2n) is 7.55. The van der Waals surface area contributed by atoms with Crippen molar-refractivity contribution in [3.63, 3.8) is 0 Å². The predicted octanol–water partition coefficient (Wildman–Crippen LogP) is 3.37. The normalized spacial score (nSPS) is 12.3. The van der Waals surface area contributed by atoms with Crippen molar-refractivity contribution in [2.45, 2.75) is 60.0 Å². The van der Waals surface area contributed by atoms with E-state index < -0.39 is 0 Å². The van der Waals surface area contributed by atoms with Gasteiger partial charge < -0.3 is 14.8 Å². The Bertz CT molecular complexity index is 447. The summed E-state index contributed by atoms with van der Waals surface area (Å²) in [5, 5.41) is 2.41. The first-order valence-corrected chi connectivity index (χ1v) is 7.81. The van der Waals surface area contributed by atoms with Crippen LogP contribution in [-0.2, 0) is 6.54 Å². The smallest absolute Gasteiger partial charge is 0.161 e. The molecule has 0 bridgehead atoms. The average molecular weight is 294 g/mol. The van der Waals surface area contributed by atoms with Crippen LogP contribution in [0.15, 0.2) is 18.2 Å². The minimum atomic E-state index is 0.226. The summed E-state index contributed by atoms with van der Waals surface area (Å²) in [5.74, 6) is 1.63.